The summed E-state index contributed by atoms with van der Waals surface area (Å²) in [6.07, 6.45) is 1.74. The number of aromatic nitrogens is 1. The van der Waals surface area contributed by atoms with Gasteiger partial charge < -0.3 is 0 Å². The van der Waals surface area contributed by atoms with E-state index < -0.39 is 0 Å². The number of thiazole rings is 1. The maximum absolute atomic E-state index is 8.66. The number of halogens is 1. The molecule has 1 aromatic heterocycles. The molecule has 1 atom stereocenters. The number of alkyl halides is 1. The van der Waals surface area contributed by atoms with Gasteiger partial charge in [0.25, 0.3) is 0 Å². The molecule has 2 aromatic rings. The lowest BCUT2D eigenvalue weighted by Crippen LogP contribution is -1.91. The van der Waals surface area contributed by atoms with Crippen LogP contribution in [0.1, 0.15) is 21.5 Å². The highest BCUT2D eigenvalue weighted by Crippen LogP contribution is 2.29. The summed E-state index contributed by atoms with van der Waals surface area (Å²) in [5.41, 5.74) is 1.60. The van der Waals surface area contributed by atoms with Crippen molar-refractivity contribution < 1.29 is 0 Å². The van der Waals surface area contributed by atoms with Crippen LogP contribution in [0.2, 0.25) is 0 Å². The van der Waals surface area contributed by atoms with Gasteiger partial charge in [-0.1, -0.05) is 12.1 Å². The second kappa shape index (κ2) is 4.43. The summed E-state index contributed by atoms with van der Waals surface area (Å²) < 4.78 is 0. The van der Waals surface area contributed by atoms with E-state index in [2.05, 4.69) is 11.1 Å². The lowest BCUT2D eigenvalue weighted by atomic mass is 10.1. The Morgan fingerprint density at radius 1 is 1.33 bits per heavy atom. The van der Waals surface area contributed by atoms with E-state index in [-0.39, 0.29) is 5.38 Å². The van der Waals surface area contributed by atoms with Gasteiger partial charge in [0.1, 0.15) is 10.4 Å². The van der Waals surface area contributed by atoms with Crippen LogP contribution in [0.4, 0.5) is 0 Å². The van der Waals surface area contributed by atoms with Crippen LogP contribution in [0, 0.1) is 11.3 Å². The smallest absolute Gasteiger partial charge is 0.115 e. The maximum atomic E-state index is 8.66. The summed E-state index contributed by atoms with van der Waals surface area (Å²) in [6.45, 7) is 0. The van der Waals surface area contributed by atoms with Gasteiger partial charge >= 0.3 is 0 Å². The van der Waals surface area contributed by atoms with Crippen LogP contribution >= 0.6 is 22.9 Å². The number of rotatable bonds is 2. The van der Waals surface area contributed by atoms with Gasteiger partial charge in [-0.3, -0.25) is 0 Å². The molecule has 2 rings (SSSR count). The van der Waals surface area contributed by atoms with E-state index in [1.165, 1.54) is 11.3 Å². The molecule has 0 aliphatic carbocycles. The van der Waals surface area contributed by atoms with Crippen LogP contribution in [-0.4, -0.2) is 4.98 Å². The molecule has 0 amide bonds. The lowest BCUT2D eigenvalue weighted by Gasteiger charge is -2.05. The van der Waals surface area contributed by atoms with E-state index in [4.69, 9.17) is 16.9 Å². The van der Waals surface area contributed by atoms with E-state index in [9.17, 15) is 0 Å². The number of nitriles is 1. The summed E-state index contributed by atoms with van der Waals surface area (Å²) in [6, 6.07) is 9.31. The zero-order chi connectivity index (χ0) is 10.7. The van der Waals surface area contributed by atoms with Crippen molar-refractivity contribution in [2.45, 2.75) is 5.38 Å². The Balaban J connectivity index is 2.27. The van der Waals surface area contributed by atoms with Gasteiger partial charge in [-0.25, -0.2) is 4.98 Å². The molecule has 0 fully saturated rings. The molecule has 0 aliphatic heterocycles. The minimum absolute atomic E-state index is 0.224. The molecule has 0 aliphatic rings. The minimum atomic E-state index is -0.224. The largest absolute Gasteiger partial charge is 0.248 e. The molecular weight excluding hydrogens is 228 g/mol. The van der Waals surface area contributed by atoms with Crippen LogP contribution in [0.5, 0.6) is 0 Å². The van der Waals surface area contributed by atoms with Crippen molar-refractivity contribution in [1.29, 1.82) is 5.26 Å². The van der Waals surface area contributed by atoms with Crippen molar-refractivity contribution in [3.63, 3.8) is 0 Å². The highest BCUT2D eigenvalue weighted by Gasteiger charge is 2.12. The van der Waals surface area contributed by atoms with Crippen LogP contribution in [0.25, 0.3) is 0 Å². The highest BCUT2D eigenvalue weighted by atomic mass is 35.5. The molecule has 4 heteroatoms. The molecule has 15 heavy (non-hydrogen) atoms. The SMILES string of the molecule is N#Cc1ccc(C(Cl)c2nccs2)cc1. The van der Waals surface area contributed by atoms with Gasteiger partial charge in [0.05, 0.1) is 11.6 Å². The quantitative estimate of drug-likeness (QED) is 0.748. The Morgan fingerprint density at radius 3 is 2.60 bits per heavy atom. The van der Waals surface area contributed by atoms with Gasteiger partial charge in [-0.05, 0) is 17.7 Å². The highest BCUT2D eigenvalue weighted by molar-refractivity contribution is 7.09. The third kappa shape index (κ3) is 2.17. The Hall–Kier alpha value is -1.37. The molecule has 2 nitrogen and oxygen atoms in total. The second-order valence-electron chi connectivity index (χ2n) is 2.97. The first-order chi connectivity index (χ1) is 7.31. The summed E-state index contributed by atoms with van der Waals surface area (Å²) >= 11 is 7.76. The average molecular weight is 235 g/mol. The van der Waals surface area contributed by atoms with Crippen molar-refractivity contribution in [3.8, 4) is 6.07 Å². The van der Waals surface area contributed by atoms with Crippen LogP contribution < -0.4 is 0 Å². The molecule has 0 radical (unpaired) electrons. The lowest BCUT2D eigenvalue weighted by molar-refractivity contribution is 1.09. The molecule has 0 N–H and O–H groups in total. The second-order valence-corrected chi connectivity index (χ2v) is 4.33. The molecule has 0 spiro atoms. The molecule has 0 saturated carbocycles. The van der Waals surface area contributed by atoms with Crippen LogP contribution in [0.15, 0.2) is 35.8 Å². The molecule has 1 aromatic carbocycles. The predicted molar refractivity (Wildman–Crippen MR) is 61.0 cm³/mol. The molecule has 1 heterocycles. The van der Waals surface area contributed by atoms with Crippen LogP contribution in [0.3, 0.4) is 0 Å². The Morgan fingerprint density at radius 2 is 2.07 bits per heavy atom. The van der Waals surface area contributed by atoms with Gasteiger partial charge in [0.15, 0.2) is 0 Å². The van der Waals surface area contributed by atoms with E-state index in [1.807, 2.05) is 17.5 Å². The van der Waals surface area contributed by atoms with E-state index >= 15 is 0 Å². The zero-order valence-corrected chi connectivity index (χ0v) is 9.29. The Labute approximate surface area is 96.8 Å². The average Bonchev–Trinajstić information content (AvgIpc) is 2.82. The van der Waals surface area contributed by atoms with E-state index in [1.54, 1.807) is 18.3 Å². The van der Waals surface area contributed by atoms with Crippen molar-refractivity contribution in [2.75, 3.05) is 0 Å². The molecule has 0 bridgehead atoms. The maximum Gasteiger partial charge on any atom is 0.115 e. The number of nitrogens with zero attached hydrogens (tertiary/aromatic N) is 2. The van der Waals surface area contributed by atoms with Gasteiger partial charge in [0.2, 0.25) is 0 Å². The first-order valence-corrected chi connectivity index (χ1v) is 5.66. The first-order valence-electron chi connectivity index (χ1n) is 4.35. The fraction of sp³-hybridized carbons (Fsp3) is 0.0909. The van der Waals surface area contributed by atoms with Gasteiger partial charge in [0, 0.05) is 11.6 Å². The summed E-state index contributed by atoms with van der Waals surface area (Å²) in [5, 5.41) is 11.2. The number of hydrogen-bond acceptors (Lipinski definition) is 3. The monoisotopic (exact) mass is 234 g/mol. The summed E-state index contributed by atoms with van der Waals surface area (Å²) in [7, 11) is 0. The van der Waals surface area contributed by atoms with Crippen molar-refractivity contribution in [3.05, 3.63) is 52.0 Å². The Bertz CT molecular complexity index is 470. The van der Waals surface area contributed by atoms with Crippen molar-refractivity contribution in [1.82, 2.24) is 4.98 Å². The van der Waals surface area contributed by atoms with Crippen LogP contribution in [-0.2, 0) is 0 Å². The summed E-state index contributed by atoms with van der Waals surface area (Å²) in [5.74, 6) is 0. The fourth-order valence-corrected chi connectivity index (χ4v) is 2.22. The van der Waals surface area contributed by atoms with Gasteiger partial charge in [-0.15, -0.1) is 22.9 Å². The first kappa shape index (κ1) is 10.2. The molecule has 74 valence electrons. The van der Waals surface area contributed by atoms with Crippen molar-refractivity contribution >= 4 is 22.9 Å². The molecule has 0 saturated heterocycles. The predicted octanol–water partition coefficient (Wildman–Crippen LogP) is 3.34. The fourth-order valence-electron chi connectivity index (χ4n) is 1.23. The minimum Gasteiger partial charge on any atom is -0.248 e. The van der Waals surface area contributed by atoms with Crippen molar-refractivity contribution in [2.24, 2.45) is 0 Å². The van der Waals surface area contributed by atoms with E-state index in [0.717, 1.165) is 10.6 Å². The number of hydrogen-bond donors (Lipinski definition) is 0. The third-order valence-electron chi connectivity index (χ3n) is 2.00. The number of benzene rings is 1. The summed E-state index contributed by atoms with van der Waals surface area (Å²) in [4.78, 5) is 4.16. The van der Waals surface area contributed by atoms with Gasteiger partial charge in [-0.2, -0.15) is 5.26 Å². The molecular formula is C11H7ClN2S. The zero-order valence-electron chi connectivity index (χ0n) is 7.72. The van der Waals surface area contributed by atoms with E-state index in [0.29, 0.717) is 5.56 Å². The molecule has 1 unspecified atom stereocenters. The third-order valence-corrected chi connectivity index (χ3v) is 3.43. The Kier molecular flexibility index (Phi) is 3.00. The topological polar surface area (TPSA) is 36.7 Å². The normalized spacial score (nSPS) is 12.0. The standard InChI is InChI=1S/C11H7ClN2S/c12-10(11-14-5-6-15-11)9-3-1-8(7-13)2-4-9/h1-6,10H.